The Morgan fingerprint density at radius 2 is 2.07 bits per heavy atom. The first-order valence-corrected chi connectivity index (χ1v) is 8.82. The third kappa shape index (κ3) is 6.59. The van der Waals surface area contributed by atoms with Gasteiger partial charge in [-0.3, -0.25) is 14.9 Å². The topological polar surface area (TPSA) is 117 Å². The maximum atomic E-state index is 11.6. The summed E-state index contributed by atoms with van der Waals surface area (Å²) in [5.41, 5.74) is 0.913. The number of rotatable bonds is 10. The quantitative estimate of drug-likeness (QED) is 0.372. The lowest BCUT2D eigenvalue weighted by Crippen LogP contribution is -2.31. The highest BCUT2D eigenvalue weighted by atomic mass is 32.1. The molecule has 1 amide bonds. The van der Waals surface area contributed by atoms with E-state index < -0.39 is 30.0 Å². The molecule has 0 aliphatic rings. The number of ether oxygens (including phenoxy) is 3. The minimum atomic E-state index is -0.736. The first kappa shape index (κ1) is 20.2. The van der Waals surface area contributed by atoms with Crippen molar-refractivity contribution >= 4 is 28.9 Å². The molecule has 1 aromatic heterocycles. The molecule has 1 N–H and O–H groups in total. The van der Waals surface area contributed by atoms with Gasteiger partial charge in [-0.25, -0.2) is 4.79 Å². The molecule has 0 aliphatic heterocycles. The predicted octanol–water partition coefficient (Wildman–Crippen LogP) is 1.95. The fourth-order valence-electron chi connectivity index (χ4n) is 2.06. The number of nitro groups is 1. The zero-order valence-corrected chi connectivity index (χ0v) is 15.3. The molecule has 0 atom stereocenters. The fraction of sp³-hybridized carbons (Fsp3) is 0.294. The number of hydrogen-bond donors (Lipinski definition) is 1. The monoisotopic (exact) mass is 394 g/mol. The number of thiophene rings is 1. The van der Waals surface area contributed by atoms with Gasteiger partial charge in [0, 0.05) is 18.7 Å². The van der Waals surface area contributed by atoms with Crippen molar-refractivity contribution in [2.45, 2.75) is 6.42 Å². The van der Waals surface area contributed by atoms with E-state index in [1.54, 1.807) is 11.3 Å². The molecule has 0 unspecified atom stereocenters. The average molecular weight is 394 g/mol. The number of nitrogens with one attached hydrogen (secondary N) is 1. The van der Waals surface area contributed by atoms with Crippen LogP contribution in [-0.2, 0) is 20.7 Å². The van der Waals surface area contributed by atoms with Gasteiger partial charge in [0.25, 0.3) is 5.91 Å². The lowest BCUT2D eigenvalue weighted by atomic mass is 10.2. The largest absolute Gasteiger partial charge is 0.490 e. The Hall–Kier alpha value is -3.14. The Morgan fingerprint density at radius 3 is 2.74 bits per heavy atom. The predicted molar refractivity (Wildman–Crippen MR) is 97.1 cm³/mol. The molecule has 27 heavy (non-hydrogen) atoms. The lowest BCUT2D eigenvalue weighted by molar-refractivity contribution is -0.385. The van der Waals surface area contributed by atoms with Gasteiger partial charge in [0.2, 0.25) is 5.75 Å². The molecule has 1 aromatic carbocycles. The number of methoxy groups -OCH3 is 1. The number of carbonyl (C=O) groups excluding carboxylic acids is 2. The van der Waals surface area contributed by atoms with Gasteiger partial charge in [0.05, 0.1) is 12.0 Å². The van der Waals surface area contributed by atoms with Gasteiger partial charge in [-0.05, 0) is 34.9 Å². The maximum absolute atomic E-state index is 11.6. The number of nitrogens with zero attached hydrogens (tertiary/aromatic N) is 1. The van der Waals surface area contributed by atoms with Gasteiger partial charge in [-0.1, -0.05) is 0 Å². The Labute approximate surface area is 159 Å². The summed E-state index contributed by atoms with van der Waals surface area (Å²) in [5.74, 6) is -0.929. The van der Waals surface area contributed by atoms with Crippen molar-refractivity contribution in [2.24, 2.45) is 0 Å². The number of esters is 1. The van der Waals surface area contributed by atoms with Crippen LogP contribution in [0.5, 0.6) is 11.5 Å². The molecule has 0 saturated heterocycles. The SMILES string of the molecule is COc1cc(OCC(=O)OCC(=O)NCCc2ccsc2)ccc1[N+](=O)[O-]. The number of hydrogen-bond acceptors (Lipinski definition) is 8. The zero-order valence-electron chi connectivity index (χ0n) is 14.5. The van der Waals surface area contributed by atoms with Crippen LogP contribution in [-0.4, -0.2) is 43.7 Å². The first-order chi connectivity index (χ1) is 13.0. The molecular weight excluding hydrogens is 376 g/mol. The van der Waals surface area contributed by atoms with Crippen molar-refractivity contribution in [3.63, 3.8) is 0 Å². The van der Waals surface area contributed by atoms with E-state index in [0.29, 0.717) is 13.0 Å². The van der Waals surface area contributed by atoms with Crippen molar-refractivity contribution in [3.05, 3.63) is 50.7 Å². The highest BCUT2D eigenvalue weighted by Crippen LogP contribution is 2.30. The molecule has 10 heteroatoms. The number of amides is 1. The summed E-state index contributed by atoms with van der Waals surface area (Å²) in [7, 11) is 1.29. The highest BCUT2D eigenvalue weighted by molar-refractivity contribution is 7.07. The van der Waals surface area contributed by atoms with Crippen LogP contribution >= 0.6 is 11.3 Å². The molecular formula is C17H18N2O7S. The van der Waals surface area contributed by atoms with Crippen LogP contribution in [0, 0.1) is 10.1 Å². The molecule has 0 radical (unpaired) electrons. The van der Waals surface area contributed by atoms with E-state index in [-0.39, 0.29) is 17.2 Å². The Kier molecular flexibility index (Phi) is 7.56. The smallest absolute Gasteiger partial charge is 0.344 e. The Balaban J connectivity index is 1.69. The molecule has 0 spiro atoms. The van der Waals surface area contributed by atoms with Gasteiger partial charge in [0.15, 0.2) is 13.2 Å². The standard InChI is InChI=1S/C17H18N2O7S/c1-24-15-8-13(2-3-14(15)19(22)23)25-10-17(21)26-9-16(20)18-6-4-12-5-7-27-11-12/h2-3,5,7-8,11H,4,6,9-10H2,1H3,(H,18,20). The van der Waals surface area contributed by atoms with Gasteiger partial charge < -0.3 is 19.5 Å². The van der Waals surface area contributed by atoms with Crippen LogP contribution in [0.1, 0.15) is 5.56 Å². The molecule has 144 valence electrons. The zero-order chi connectivity index (χ0) is 19.6. The third-order valence-corrected chi connectivity index (χ3v) is 4.12. The van der Waals surface area contributed by atoms with Crippen LogP contribution in [0.4, 0.5) is 5.69 Å². The van der Waals surface area contributed by atoms with Crippen LogP contribution in [0.25, 0.3) is 0 Å². The number of benzene rings is 1. The molecule has 0 saturated carbocycles. The molecule has 0 aliphatic carbocycles. The van der Waals surface area contributed by atoms with Crippen LogP contribution < -0.4 is 14.8 Å². The van der Waals surface area contributed by atoms with Gasteiger partial charge in [0.1, 0.15) is 5.75 Å². The van der Waals surface area contributed by atoms with Crippen LogP contribution in [0.2, 0.25) is 0 Å². The minimum absolute atomic E-state index is 0.0101. The minimum Gasteiger partial charge on any atom is -0.490 e. The summed E-state index contributed by atoms with van der Waals surface area (Å²) in [6, 6.07) is 5.81. The molecule has 9 nitrogen and oxygen atoms in total. The van der Waals surface area contributed by atoms with Gasteiger partial charge >= 0.3 is 11.7 Å². The summed E-state index contributed by atoms with van der Waals surface area (Å²) in [4.78, 5) is 33.5. The van der Waals surface area contributed by atoms with Crippen molar-refractivity contribution in [2.75, 3.05) is 26.9 Å². The second kappa shape index (κ2) is 10.1. The lowest BCUT2D eigenvalue weighted by Gasteiger charge is -2.09. The van der Waals surface area contributed by atoms with Crippen LogP contribution in [0.15, 0.2) is 35.0 Å². The summed E-state index contributed by atoms with van der Waals surface area (Å²) in [6.07, 6.45) is 0.703. The van der Waals surface area contributed by atoms with E-state index in [0.717, 1.165) is 5.56 Å². The second-order valence-electron chi connectivity index (χ2n) is 5.27. The Bertz CT molecular complexity index is 793. The summed E-state index contributed by atoms with van der Waals surface area (Å²) in [5, 5.41) is 17.4. The normalized spacial score (nSPS) is 10.1. The van der Waals surface area contributed by atoms with E-state index in [1.807, 2.05) is 16.8 Å². The second-order valence-corrected chi connectivity index (χ2v) is 6.05. The van der Waals surface area contributed by atoms with E-state index in [4.69, 9.17) is 14.2 Å². The molecule has 2 rings (SSSR count). The third-order valence-electron chi connectivity index (χ3n) is 3.38. The summed E-state index contributed by atoms with van der Waals surface area (Å²) < 4.78 is 14.9. The van der Waals surface area contributed by atoms with E-state index in [9.17, 15) is 19.7 Å². The van der Waals surface area contributed by atoms with Crippen molar-refractivity contribution < 1.29 is 28.7 Å². The molecule has 0 fully saturated rings. The first-order valence-electron chi connectivity index (χ1n) is 7.88. The van der Waals surface area contributed by atoms with E-state index >= 15 is 0 Å². The van der Waals surface area contributed by atoms with Gasteiger partial charge in [-0.15, -0.1) is 0 Å². The fourth-order valence-corrected chi connectivity index (χ4v) is 2.76. The Morgan fingerprint density at radius 1 is 1.26 bits per heavy atom. The molecule has 1 heterocycles. The average Bonchev–Trinajstić information content (AvgIpc) is 3.17. The maximum Gasteiger partial charge on any atom is 0.344 e. The van der Waals surface area contributed by atoms with Crippen LogP contribution in [0.3, 0.4) is 0 Å². The summed E-state index contributed by atoms with van der Waals surface area (Å²) in [6.45, 7) is -0.398. The van der Waals surface area contributed by atoms with Gasteiger partial charge in [-0.2, -0.15) is 11.3 Å². The number of nitro benzene ring substituents is 1. The van der Waals surface area contributed by atoms with E-state index in [1.165, 1.54) is 25.3 Å². The highest BCUT2D eigenvalue weighted by Gasteiger charge is 2.16. The number of carbonyl (C=O) groups is 2. The summed E-state index contributed by atoms with van der Waals surface area (Å²) >= 11 is 1.58. The van der Waals surface area contributed by atoms with Crippen molar-refractivity contribution in [3.8, 4) is 11.5 Å². The van der Waals surface area contributed by atoms with E-state index in [2.05, 4.69) is 5.32 Å². The molecule has 0 bridgehead atoms. The van der Waals surface area contributed by atoms with Crippen molar-refractivity contribution in [1.29, 1.82) is 0 Å². The molecule has 2 aromatic rings. The van der Waals surface area contributed by atoms with Crippen molar-refractivity contribution in [1.82, 2.24) is 5.32 Å².